The molecule has 0 aliphatic carbocycles. The van der Waals surface area contributed by atoms with Crippen molar-refractivity contribution < 1.29 is 70.1 Å². The van der Waals surface area contributed by atoms with Gasteiger partial charge in [-0.2, -0.15) is 0 Å². The molecule has 0 saturated carbocycles. The number of aliphatic hydroxyl groups is 8. The van der Waals surface area contributed by atoms with Gasteiger partial charge in [-0.15, -0.1) is 0 Å². The fraction of sp³-hybridized carbons (Fsp3) is 0.444. The first-order chi connectivity index (χ1) is 19.9. The lowest BCUT2D eigenvalue weighted by Gasteiger charge is -2.42. The Morgan fingerprint density at radius 2 is 1.14 bits per heavy atom. The number of ether oxygens (including phenoxy) is 2. The predicted octanol–water partition coefficient (Wildman–Crippen LogP) is -2.39. The molecule has 0 spiro atoms. The Kier molecular flexibility index (Phi) is 8.16. The highest BCUT2D eigenvalue weighted by Gasteiger charge is 2.50. The summed E-state index contributed by atoms with van der Waals surface area (Å²) >= 11 is 0. The molecule has 2 aromatic carbocycles. The third kappa shape index (κ3) is 4.79. The van der Waals surface area contributed by atoms with E-state index in [9.17, 15) is 61.0 Å². The standard InChI is InChI=1S/C27H30O15/c28-6-12-17(32)21(36)23(38)26(41-12)15-19(34)14-10(31)5-11(8-1-3-9(30)4-2-8)40-25(14)16(20(15)35)27-24(39)22(37)18(33)13(7-29)42-27/h1-5,12-13,17-18,21-24,26-30,32-39H,6-7H2/t12-,13-,17-,18-,21+,22+,23-,24-,26-,27+/m0/s1. The van der Waals surface area contributed by atoms with Crippen LogP contribution in [0.5, 0.6) is 17.2 Å². The van der Waals surface area contributed by atoms with Gasteiger partial charge in [0.05, 0.1) is 24.3 Å². The number of hydrogen-bond acceptors (Lipinski definition) is 15. The molecule has 228 valence electrons. The van der Waals surface area contributed by atoms with E-state index in [0.29, 0.717) is 0 Å². The highest BCUT2D eigenvalue weighted by atomic mass is 16.6. The van der Waals surface area contributed by atoms with Crippen molar-refractivity contribution in [1.29, 1.82) is 0 Å². The molecule has 0 bridgehead atoms. The fourth-order valence-electron chi connectivity index (χ4n) is 5.39. The van der Waals surface area contributed by atoms with Gasteiger partial charge in [0, 0.05) is 11.6 Å². The van der Waals surface area contributed by atoms with E-state index < -0.39 is 113 Å². The SMILES string of the molecule is O=c1cc(-c2ccc(O)cc2)oc2c([C@H]3O[C@@H](CO)[C@H](O)[C@@H](O)[C@@H]3O)c(O)c([C@@H]3O[C@@H](CO)[C@H](O)[C@@H](O)[C@@H]3O)c(O)c12. The van der Waals surface area contributed by atoms with Gasteiger partial charge in [0.2, 0.25) is 0 Å². The summed E-state index contributed by atoms with van der Waals surface area (Å²) in [5.74, 6) is -2.20. The van der Waals surface area contributed by atoms with Crippen LogP contribution in [-0.2, 0) is 9.47 Å². The minimum Gasteiger partial charge on any atom is -0.508 e. The molecule has 2 saturated heterocycles. The lowest BCUT2D eigenvalue weighted by Crippen LogP contribution is -2.55. The van der Waals surface area contributed by atoms with Gasteiger partial charge in [0.15, 0.2) is 11.0 Å². The number of aliphatic hydroxyl groups excluding tert-OH is 8. The predicted molar refractivity (Wildman–Crippen MR) is 138 cm³/mol. The van der Waals surface area contributed by atoms with Gasteiger partial charge >= 0.3 is 0 Å². The average molecular weight is 595 g/mol. The van der Waals surface area contributed by atoms with Gasteiger partial charge in [-0.05, 0) is 24.3 Å². The third-order valence-electron chi connectivity index (χ3n) is 7.70. The normalized spacial score (nSPS) is 33.6. The number of phenols is 3. The zero-order valence-electron chi connectivity index (χ0n) is 21.6. The monoisotopic (exact) mass is 594 g/mol. The van der Waals surface area contributed by atoms with Crippen molar-refractivity contribution in [3.63, 3.8) is 0 Å². The van der Waals surface area contributed by atoms with E-state index >= 15 is 0 Å². The Balaban J connectivity index is 1.82. The van der Waals surface area contributed by atoms with Crippen molar-refractivity contribution in [2.24, 2.45) is 0 Å². The molecule has 0 radical (unpaired) electrons. The topological polar surface area (TPSA) is 271 Å². The largest absolute Gasteiger partial charge is 0.508 e. The smallest absolute Gasteiger partial charge is 0.197 e. The second kappa shape index (κ2) is 11.4. The minimum atomic E-state index is -2.02. The van der Waals surface area contributed by atoms with E-state index in [1.54, 1.807) is 0 Å². The minimum absolute atomic E-state index is 0.0941. The maximum Gasteiger partial charge on any atom is 0.197 e. The molecule has 2 aliphatic rings. The van der Waals surface area contributed by atoms with Crippen molar-refractivity contribution in [3.8, 4) is 28.6 Å². The quantitative estimate of drug-likeness (QED) is 0.147. The van der Waals surface area contributed by atoms with Crippen LogP contribution in [0.2, 0.25) is 0 Å². The Bertz CT molecular complexity index is 1500. The average Bonchev–Trinajstić information content (AvgIpc) is 2.97. The summed E-state index contributed by atoms with van der Waals surface area (Å²) in [4.78, 5) is 13.5. The Hall–Kier alpha value is -3.35. The van der Waals surface area contributed by atoms with Crippen molar-refractivity contribution in [2.45, 2.75) is 61.0 Å². The van der Waals surface area contributed by atoms with Gasteiger partial charge in [-0.25, -0.2) is 0 Å². The van der Waals surface area contributed by atoms with Gasteiger partial charge in [0.25, 0.3) is 0 Å². The van der Waals surface area contributed by atoms with E-state index in [2.05, 4.69) is 0 Å². The van der Waals surface area contributed by atoms with Gasteiger partial charge in [-0.3, -0.25) is 4.79 Å². The Morgan fingerprint density at radius 1 is 0.643 bits per heavy atom. The first-order valence-electron chi connectivity index (χ1n) is 12.9. The molecule has 0 amide bonds. The summed E-state index contributed by atoms with van der Waals surface area (Å²) in [5.41, 5.74) is -2.48. The maximum absolute atomic E-state index is 13.5. The second-order valence-corrected chi connectivity index (χ2v) is 10.2. The molecule has 3 aromatic rings. The lowest BCUT2D eigenvalue weighted by atomic mass is 9.85. The zero-order valence-corrected chi connectivity index (χ0v) is 21.6. The highest BCUT2D eigenvalue weighted by molar-refractivity contribution is 5.92. The van der Waals surface area contributed by atoms with E-state index in [1.165, 1.54) is 24.3 Å². The van der Waals surface area contributed by atoms with Crippen LogP contribution in [0, 0.1) is 0 Å². The molecular weight excluding hydrogens is 564 g/mol. The number of benzene rings is 2. The number of fused-ring (bicyclic) bond motifs is 1. The first-order valence-corrected chi connectivity index (χ1v) is 12.9. The molecular formula is C27H30O15. The van der Waals surface area contributed by atoms with Gasteiger partial charge in [0.1, 0.15) is 89.4 Å². The van der Waals surface area contributed by atoms with Gasteiger partial charge < -0.3 is 70.1 Å². The number of rotatable bonds is 5. The Morgan fingerprint density at radius 3 is 1.64 bits per heavy atom. The first kappa shape index (κ1) is 30.1. The molecule has 10 atom stereocenters. The van der Waals surface area contributed by atoms with E-state index in [-0.39, 0.29) is 17.1 Å². The molecule has 42 heavy (non-hydrogen) atoms. The van der Waals surface area contributed by atoms with Gasteiger partial charge in [-0.1, -0.05) is 0 Å². The fourth-order valence-corrected chi connectivity index (χ4v) is 5.39. The number of hydrogen-bond donors (Lipinski definition) is 11. The molecule has 2 aliphatic heterocycles. The van der Waals surface area contributed by atoms with Crippen LogP contribution in [0.1, 0.15) is 23.3 Å². The molecule has 1 aromatic heterocycles. The number of aromatic hydroxyl groups is 3. The summed E-state index contributed by atoms with van der Waals surface area (Å²) in [6, 6.07) is 6.37. The number of phenolic OH excluding ortho intramolecular Hbond substituents is 3. The van der Waals surface area contributed by atoms with E-state index in [4.69, 9.17) is 13.9 Å². The van der Waals surface area contributed by atoms with Crippen molar-refractivity contribution in [1.82, 2.24) is 0 Å². The van der Waals surface area contributed by atoms with Crippen LogP contribution in [0.25, 0.3) is 22.3 Å². The lowest BCUT2D eigenvalue weighted by molar-refractivity contribution is -0.234. The van der Waals surface area contributed by atoms with Crippen LogP contribution in [0.3, 0.4) is 0 Å². The second-order valence-electron chi connectivity index (χ2n) is 10.2. The third-order valence-corrected chi connectivity index (χ3v) is 7.70. The maximum atomic E-state index is 13.5. The Labute approximate surface area is 235 Å². The molecule has 15 heteroatoms. The molecule has 11 N–H and O–H groups in total. The summed E-state index contributed by atoms with van der Waals surface area (Å²) in [5, 5.41) is 114. The molecule has 3 heterocycles. The van der Waals surface area contributed by atoms with Crippen LogP contribution in [0.15, 0.2) is 39.5 Å². The van der Waals surface area contributed by atoms with Crippen molar-refractivity contribution in [3.05, 3.63) is 51.7 Å². The summed E-state index contributed by atoms with van der Waals surface area (Å²) < 4.78 is 17.0. The van der Waals surface area contributed by atoms with E-state index in [0.717, 1.165) is 6.07 Å². The summed E-state index contributed by atoms with van der Waals surface area (Å²) in [6.07, 6.45) is -18.2. The van der Waals surface area contributed by atoms with Crippen LogP contribution in [0.4, 0.5) is 0 Å². The highest BCUT2D eigenvalue weighted by Crippen LogP contribution is 2.51. The zero-order chi connectivity index (χ0) is 30.6. The molecule has 5 rings (SSSR count). The van der Waals surface area contributed by atoms with Crippen LogP contribution >= 0.6 is 0 Å². The van der Waals surface area contributed by atoms with Crippen LogP contribution < -0.4 is 5.43 Å². The van der Waals surface area contributed by atoms with Crippen molar-refractivity contribution in [2.75, 3.05) is 13.2 Å². The van der Waals surface area contributed by atoms with Crippen molar-refractivity contribution >= 4 is 11.0 Å². The van der Waals surface area contributed by atoms with Crippen LogP contribution in [-0.4, -0.2) is 118 Å². The van der Waals surface area contributed by atoms with E-state index in [1.807, 2.05) is 0 Å². The molecule has 2 fully saturated rings. The molecule has 0 unspecified atom stereocenters. The summed E-state index contributed by atoms with van der Waals surface area (Å²) in [7, 11) is 0. The molecule has 15 nitrogen and oxygen atoms in total. The summed E-state index contributed by atoms with van der Waals surface area (Å²) in [6.45, 7) is -1.70.